The Hall–Kier alpha value is -0.570. The highest BCUT2D eigenvalue weighted by atomic mass is 79.9. The van der Waals surface area contributed by atoms with Gasteiger partial charge in [0.15, 0.2) is 0 Å². The van der Waals surface area contributed by atoms with E-state index in [1.165, 1.54) is 6.07 Å². The Kier molecular flexibility index (Phi) is 4.99. The summed E-state index contributed by atoms with van der Waals surface area (Å²) < 4.78 is 14.4. The Morgan fingerprint density at radius 3 is 2.53 bits per heavy atom. The van der Waals surface area contributed by atoms with E-state index >= 15 is 0 Å². The summed E-state index contributed by atoms with van der Waals surface area (Å²) in [7, 11) is 0. The zero-order valence-corrected chi connectivity index (χ0v) is 12.6. The number of benzene rings is 1. The van der Waals surface area contributed by atoms with E-state index in [2.05, 4.69) is 48.9 Å². The molecule has 0 amide bonds. The fourth-order valence-electron chi connectivity index (χ4n) is 1.59. The van der Waals surface area contributed by atoms with Gasteiger partial charge in [-0.25, -0.2) is 4.39 Å². The molecular weight excluding hydrogens is 281 g/mol. The van der Waals surface area contributed by atoms with Gasteiger partial charge in [0, 0.05) is 10.5 Å². The molecule has 0 aliphatic heterocycles. The van der Waals surface area contributed by atoms with Gasteiger partial charge >= 0.3 is 0 Å². The lowest BCUT2D eigenvalue weighted by atomic mass is 9.89. The molecule has 0 aromatic heterocycles. The lowest BCUT2D eigenvalue weighted by Crippen LogP contribution is -2.19. The Balaban J connectivity index is 2.53. The van der Waals surface area contributed by atoms with Crippen LogP contribution in [0.2, 0.25) is 0 Å². The Morgan fingerprint density at radius 2 is 2.00 bits per heavy atom. The minimum atomic E-state index is -0.206. The molecule has 0 saturated carbocycles. The number of rotatable bonds is 4. The maximum atomic E-state index is 13.6. The van der Waals surface area contributed by atoms with Crippen molar-refractivity contribution in [3.8, 4) is 0 Å². The SMILES string of the molecule is CC(CCC(C)(C)C)Nc1ccc(Br)cc1F. The van der Waals surface area contributed by atoms with Crippen molar-refractivity contribution in [3.05, 3.63) is 28.5 Å². The van der Waals surface area contributed by atoms with Gasteiger partial charge in [-0.15, -0.1) is 0 Å². The third-order valence-corrected chi connectivity index (χ3v) is 3.15. The van der Waals surface area contributed by atoms with Crippen LogP contribution in [0, 0.1) is 11.2 Å². The van der Waals surface area contributed by atoms with E-state index in [4.69, 9.17) is 0 Å². The number of nitrogens with one attached hydrogen (secondary N) is 1. The molecule has 1 unspecified atom stereocenters. The zero-order valence-electron chi connectivity index (χ0n) is 11.0. The fourth-order valence-corrected chi connectivity index (χ4v) is 1.93. The summed E-state index contributed by atoms with van der Waals surface area (Å²) in [5.74, 6) is -0.206. The summed E-state index contributed by atoms with van der Waals surface area (Å²) in [4.78, 5) is 0. The van der Waals surface area contributed by atoms with Crippen LogP contribution in [-0.4, -0.2) is 6.04 Å². The van der Waals surface area contributed by atoms with E-state index in [1.54, 1.807) is 6.07 Å². The molecule has 96 valence electrons. The van der Waals surface area contributed by atoms with Gasteiger partial charge in [0.05, 0.1) is 5.69 Å². The largest absolute Gasteiger partial charge is 0.380 e. The molecule has 1 aromatic carbocycles. The monoisotopic (exact) mass is 301 g/mol. The lowest BCUT2D eigenvalue weighted by molar-refractivity contribution is 0.356. The van der Waals surface area contributed by atoms with Gasteiger partial charge in [-0.1, -0.05) is 36.7 Å². The van der Waals surface area contributed by atoms with Crippen molar-refractivity contribution in [2.75, 3.05) is 5.32 Å². The van der Waals surface area contributed by atoms with E-state index in [-0.39, 0.29) is 11.9 Å². The van der Waals surface area contributed by atoms with Gasteiger partial charge in [-0.05, 0) is 43.4 Å². The van der Waals surface area contributed by atoms with Crippen LogP contribution in [0.15, 0.2) is 22.7 Å². The summed E-state index contributed by atoms with van der Waals surface area (Å²) >= 11 is 3.25. The van der Waals surface area contributed by atoms with Crippen molar-refractivity contribution in [2.45, 2.75) is 46.6 Å². The molecular formula is C14H21BrFN. The summed E-state index contributed by atoms with van der Waals surface area (Å²) in [5.41, 5.74) is 0.906. The Bertz CT molecular complexity index is 371. The molecule has 1 N–H and O–H groups in total. The second kappa shape index (κ2) is 5.85. The third-order valence-electron chi connectivity index (χ3n) is 2.66. The number of anilines is 1. The molecule has 0 fully saturated rings. The topological polar surface area (TPSA) is 12.0 Å². The smallest absolute Gasteiger partial charge is 0.147 e. The minimum absolute atomic E-state index is 0.206. The van der Waals surface area contributed by atoms with Crippen LogP contribution < -0.4 is 5.32 Å². The molecule has 0 saturated heterocycles. The van der Waals surface area contributed by atoms with E-state index in [1.807, 2.05) is 6.07 Å². The molecule has 1 nitrogen and oxygen atoms in total. The zero-order chi connectivity index (χ0) is 13.1. The number of halogens is 2. The first kappa shape index (κ1) is 14.5. The predicted octanol–water partition coefficient (Wildman–Crippen LogP) is 5.21. The molecule has 17 heavy (non-hydrogen) atoms. The summed E-state index contributed by atoms with van der Waals surface area (Å²) in [6.45, 7) is 8.76. The summed E-state index contributed by atoms with van der Waals surface area (Å²) in [6.07, 6.45) is 2.16. The predicted molar refractivity (Wildman–Crippen MR) is 75.9 cm³/mol. The first-order valence-corrected chi connectivity index (χ1v) is 6.79. The van der Waals surface area contributed by atoms with Crippen molar-refractivity contribution < 1.29 is 4.39 Å². The van der Waals surface area contributed by atoms with Crippen LogP contribution in [-0.2, 0) is 0 Å². The molecule has 3 heteroatoms. The lowest BCUT2D eigenvalue weighted by Gasteiger charge is -2.22. The van der Waals surface area contributed by atoms with Crippen molar-refractivity contribution in [2.24, 2.45) is 5.41 Å². The average Bonchev–Trinajstić information content (AvgIpc) is 2.18. The van der Waals surface area contributed by atoms with Crippen molar-refractivity contribution >= 4 is 21.6 Å². The number of hydrogen-bond acceptors (Lipinski definition) is 1. The van der Waals surface area contributed by atoms with Gasteiger partial charge < -0.3 is 5.32 Å². The number of hydrogen-bond donors (Lipinski definition) is 1. The molecule has 1 atom stereocenters. The van der Waals surface area contributed by atoms with Gasteiger partial charge in [0.1, 0.15) is 5.82 Å². The first-order chi connectivity index (χ1) is 7.78. The van der Waals surface area contributed by atoms with Gasteiger partial charge in [0.2, 0.25) is 0 Å². The maximum Gasteiger partial charge on any atom is 0.147 e. The molecule has 0 bridgehead atoms. The molecule has 0 radical (unpaired) electrons. The van der Waals surface area contributed by atoms with Gasteiger partial charge in [-0.2, -0.15) is 0 Å². The molecule has 1 aromatic rings. The minimum Gasteiger partial charge on any atom is -0.380 e. The van der Waals surface area contributed by atoms with Crippen LogP contribution in [0.3, 0.4) is 0 Å². The Morgan fingerprint density at radius 1 is 1.35 bits per heavy atom. The maximum absolute atomic E-state index is 13.6. The van der Waals surface area contributed by atoms with Crippen molar-refractivity contribution in [1.82, 2.24) is 0 Å². The van der Waals surface area contributed by atoms with Gasteiger partial charge in [0.25, 0.3) is 0 Å². The van der Waals surface area contributed by atoms with Crippen molar-refractivity contribution in [1.29, 1.82) is 0 Å². The van der Waals surface area contributed by atoms with Crippen LogP contribution in [0.5, 0.6) is 0 Å². The highest BCUT2D eigenvalue weighted by Gasteiger charge is 2.13. The standard InChI is InChI=1S/C14H21BrFN/c1-10(7-8-14(2,3)4)17-13-6-5-11(15)9-12(13)16/h5-6,9-10,17H,7-8H2,1-4H3. The first-order valence-electron chi connectivity index (χ1n) is 5.99. The average molecular weight is 302 g/mol. The summed E-state index contributed by atoms with van der Waals surface area (Å²) in [5, 5.41) is 3.21. The molecule has 0 aliphatic carbocycles. The molecule has 1 rings (SSSR count). The Labute approximate surface area is 112 Å². The molecule has 0 aliphatic rings. The van der Waals surface area contributed by atoms with E-state index < -0.39 is 0 Å². The second-order valence-electron chi connectivity index (χ2n) is 5.77. The van der Waals surface area contributed by atoms with E-state index in [9.17, 15) is 4.39 Å². The third kappa shape index (κ3) is 5.53. The highest BCUT2D eigenvalue weighted by Crippen LogP contribution is 2.24. The van der Waals surface area contributed by atoms with E-state index in [0.29, 0.717) is 11.1 Å². The normalized spacial score (nSPS) is 13.5. The van der Waals surface area contributed by atoms with Crippen LogP contribution >= 0.6 is 15.9 Å². The van der Waals surface area contributed by atoms with Crippen LogP contribution in [0.1, 0.15) is 40.5 Å². The second-order valence-corrected chi connectivity index (χ2v) is 6.68. The van der Waals surface area contributed by atoms with Gasteiger partial charge in [-0.3, -0.25) is 0 Å². The van der Waals surface area contributed by atoms with Crippen LogP contribution in [0.25, 0.3) is 0 Å². The summed E-state index contributed by atoms with van der Waals surface area (Å²) in [6, 6.07) is 5.39. The quantitative estimate of drug-likeness (QED) is 0.804. The molecule has 0 heterocycles. The van der Waals surface area contributed by atoms with Crippen molar-refractivity contribution in [3.63, 3.8) is 0 Å². The van der Waals surface area contributed by atoms with Crippen LogP contribution in [0.4, 0.5) is 10.1 Å². The highest BCUT2D eigenvalue weighted by molar-refractivity contribution is 9.10. The molecule has 0 spiro atoms. The van der Waals surface area contributed by atoms with E-state index in [0.717, 1.165) is 17.3 Å². The fraction of sp³-hybridized carbons (Fsp3) is 0.571.